The predicted molar refractivity (Wildman–Crippen MR) is 112 cm³/mol. The number of halogens is 1. The number of carbonyl (C=O) groups excluding carboxylic acids is 2. The van der Waals surface area contributed by atoms with E-state index in [4.69, 9.17) is 28.6 Å². The van der Waals surface area contributed by atoms with E-state index in [-0.39, 0.29) is 18.2 Å². The third kappa shape index (κ3) is 4.26. The van der Waals surface area contributed by atoms with Gasteiger partial charge < -0.3 is 15.0 Å². The first kappa shape index (κ1) is 20.1. The zero-order valence-electron chi connectivity index (χ0n) is 15.5. The van der Waals surface area contributed by atoms with Crippen molar-refractivity contribution in [2.45, 2.75) is 19.0 Å². The molecule has 3 rings (SSSR count). The van der Waals surface area contributed by atoms with Crippen molar-refractivity contribution in [1.29, 1.82) is 0 Å². The Hall–Kier alpha value is -2.64. The zero-order chi connectivity index (χ0) is 20.3. The maximum atomic E-state index is 12.6. The van der Waals surface area contributed by atoms with Crippen molar-refractivity contribution in [3.63, 3.8) is 0 Å². The van der Waals surface area contributed by atoms with Gasteiger partial charge >= 0.3 is 0 Å². The summed E-state index contributed by atoms with van der Waals surface area (Å²) in [6.45, 7) is 0.420. The molecule has 2 aromatic rings. The molecule has 0 spiro atoms. The van der Waals surface area contributed by atoms with Crippen LogP contribution in [0.25, 0.3) is 0 Å². The van der Waals surface area contributed by atoms with E-state index in [1.54, 1.807) is 43.3 Å². The number of methoxy groups -OCH3 is 1. The number of carbonyl (C=O) groups is 2. The molecule has 2 amide bonds. The highest BCUT2D eigenvalue weighted by Crippen LogP contribution is 2.25. The van der Waals surface area contributed by atoms with Crippen molar-refractivity contribution in [2.75, 3.05) is 19.5 Å². The van der Waals surface area contributed by atoms with Crippen LogP contribution in [0, 0.1) is 0 Å². The summed E-state index contributed by atoms with van der Waals surface area (Å²) in [5, 5.41) is 3.60. The fraction of sp³-hybridized carbons (Fsp3) is 0.250. The first-order valence-corrected chi connectivity index (χ1v) is 9.45. The van der Waals surface area contributed by atoms with E-state index in [2.05, 4.69) is 5.32 Å². The standard InChI is InChI=1S/C20H20ClN3O3S/c1-23-19(26)17(11-18(25)22-16-6-4-3-5-15(16)21)24(20(23)28)12-13-7-9-14(27-2)10-8-13/h3-10,17H,11-12H2,1-2H3,(H,22,25). The molecule has 2 aromatic carbocycles. The van der Waals surface area contributed by atoms with Crippen LogP contribution < -0.4 is 10.1 Å². The first-order chi connectivity index (χ1) is 13.4. The third-order valence-electron chi connectivity index (χ3n) is 4.56. The molecular formula is C20H20ClN3O3S. The van der Waals surface area contributed by atoms with E-state index in [1.165, 1.54) is 4.90 Å². The van der Waals surface area contributed by atoms with Crippen molar-refractivity contribution < 1.29 is 14.3 Å². The Morgan fingerprint density at radius 1 is 1.21 bits per heavy atom. The van der Waals surface area contributed by atoms with Gasteiger partial charge in [-0.15, -0.1) is 0 Å². The molecule has 1 fully saturated rings. The van der Waals surface area contributed by atoms with Gasteiger partial charge in [0.15, 0.2) is 5.11 Å². The summed E-state index contributed by atoms with van der Waals surface area (Å²) >= 11 is 11.5. The predicted octanol–water partition coefficient (Wildman–Crippen LogP) is 3.30. The number of ether oxygens (including phenoxy) is 1. The Labute approximate surface area is 174 Å². The molecule has 0 aliphatic carbocycles. The summed E-state index contributed by atoms with van der Waals surface area (Å²) in [4.78, 5) is 28.4. The number of nitrogens with one attached hydrogen (secondary N) is 1. The molecule has 8 heteroatoms. The summed E-state index contributed by atoms with van der Waals surface area (Å²) in [6, 6.07) is 13.8. The lowest BCUT2D eigenvalue weighted by molar-refractivity contribution is -0.130. The van der Waals surface area contributed by atoms with Crippen LogP contribution in [0.15, 0.2) is 48.5 Å². The molecule has 1 aliphatic rings. The lowest BCUT2D eigenvalue weighted by Crippen LogP contribution is -2.37. The van der Waals surface area contributed by atoms with Gasteiger partial charge in [0, 0.05) is 13.6 Å². The van der Waals surface area contributed by atoms with Crippen LogP contribution in [0.3, 0.4) is 0 Å². The Balaban J connectivity index is 1.74. The molecule has 1 N–H and O–H groups in total. The second kappa shape index (κ2) is 8.58. The number of hydrogen-bond donors (Lipinski definition) is 1. The minimum Gasteiger partial charge on any atom is -0.497 e. The minimum absolute atomic E-state index is 0.0231. The first-order valence-electron chi connectivity index (χ1n) is 8.66. The fourth-order valence-electron chi connectivity index (χ4n) is 3.02. The monoisotopic (exact) mass is 417 g/mol. The average Bonchev–Trinajstić information content (AvgIpc) is 2.88. The number of anilines is 1. The molecule has 146 valence electrons. The second-order valence-corrected chi connectivity index (χ2v) is 7.18. The second-order valence-electron chi connectivity index (χ2n) is 6.40. The van der Waals surface area contributed by atoms with E-state index in [9.17, 15) is 9.59 Å². The molecule has 1 heterocycles. The Bertz CT molecular complexity index is 904. The fourth-order valence-corrected chi connectivity index (χ4v) is 3.48. The van der Waals surface area contributed by atoms with Gasteiger partial charge in [0.25, 0.3) is 5.91 Å². The lowest BCUT2D eigenvalue weighted by atomic mass is 10.1. The molecule has 1 aliphatic heterocycles. The largest absolute Gasteiger partial charge is 0.497 e. The molecule has 0 bridgehead atoms. The van der Waals surface area contributed by atoms with Crippen LogP contribution in [-0.4, -0.2) is 46.9 Å². The topological polar surface area (TPSA) is 61.9 Å². The molecule has 0 saturated carbocycles. The van der Waals surface area contributed by atoms with E-state index in [0.717, 1.165) is 11.3 Å². The molecule has 1 saturated heterocycles. The molecule has 0 radical (unpaired) electrons. The molecule has 0 aromatic heterocycles. The van der Waals surface area contributed by atoms with Crippen LogP contribution in [0.4, 0.5) is 5.69 Å². The summed E-state index contributed by atoms with van der Waals surface area (Å²) in [6.07, 6.45) is -0.0231. The maximum Gasteiger partial charge on any atom is 0.251 e. The smallest absolute Gasteiger partial charge is 0.251 e. The quantitative estimate of drug-likeness (QED) is 0.730. The number of hydrogen-bond acceptors (Lipinski definition) is 4. The number of para-hydroxylation sites is 1. The number of rotatable bonds is 6. The highest BCUT2D eigenvalue weighted by molar-refractivity contribution is 7.80. The van der Waals surface area contributed by atoms with Gasteiger partial charge in [0.05, 0.1) is 24.2 Å². The van der Waals surface area contributed by atoms with E-state index in [0.29, 0.717) is 22.4 Å². The van der Waals surface area contributed by atoms with Gasteiger partial charge in [0.2, 0.25) is 5.91 Å². The Morgan fingerprint density at radius 2 is 1.89 bits per heavy atom. The highest BCUT2D eigenvalue weighted by Gasteiger charge is 2.41. The van der Waals surface area contributed by atoms with E-state index >= 15 is 0 Å². The normalized spacial score (nSPS) is 16.5. The molecule has 1 unspecified atom stereocenters. The van der Waals surface area contributed by atoms with Crippen LogP contribution >= 0.6 is 23.8 Å². The number of likely N-dealkylation sites (N-methyl/N-ethyl adjacent to an activating group) is 1. The van der Waals surface area contributed by atoms with Crippen LogP contribution in [0.1, 0.15) is 12.0 Å². The molecule has 1 atom stereocenters. The summed E-state index contributed by atoms with van der Waals surface area (Å²) in [5.41, 5.74) is 1.47. The van der Waals surface area contributed by atoms with Gasteiger partial charge in [-0.3, -0.25) is 14.5 Å². The Morgan fingerprint density at radius 3 is 2.54 bits per heavy atom. The molecule has 6 nitrogen and oxygen atoms in total. The zero-order valence-corrected chi connectivity index (χ0v) is 17.1. The third-order valence-corrected chi connectivity index (χ3v) is 5.40. The number of thiocarbonyl (C=S) groups is 1. The number of nitrogens with zero attached hydrogens (tertiary/aromatic N) is 2. The highest BCUT2D eigenvalue weighted by atomic mass is 35.5. The minimum atomic E-state index is -0.665. The number of benzene rings is 2. The van der Waals surface area contributed by atoms with Gasteiger partial charge in [0.1, 0.15) is 11.8 Å². The van der Waals surface area contributed by atoms with Crippen molar-refractivity contribution in [1.82, 2.24) is 9.80 Å². The molecule has 28 heavy (non-hydrogen) atoms. The van der Waals surface area contributed by atoms with E-state index in [1.807, 2.05) is 24.3 Å². The van der Waals surface area contributed by atoms with Crippen molar-refractivity contribution in [3.8, 4) is 5.75 Å². The lowest BCUT2D eigenvalue weighted by Gasteiger charge is -2.23. The number of amides is 2. The summed E-state index contributed by atoms with van der Waals surface area (Å²) in [5.74, 6) is 0.244. The van der Waals surface area contributed by atoms with Gasteiger partial charge in [-0.1, -0.05) is 35.9 Å². The van der Waals surface area contributed by atoms with Crippen LogP contribution in [0.5, 0.6) is 5.75 Å². The summed E-state index contributed by atoms with van der Waals surface area (Å²) in [7, 11) is 3.23. The van der Waals surface area contributed by atoms with Crippen molar-refractivity contribution in [3.05, 3.63) is 59.1 Å². The van der Waals surface area contributed by atoms with Crippen LogP contribution in [-0.2, 0) is 16.1 Å². The van der Waals surface area contributed by atoms with Gasteiger partial charge in [-0.05, 0) is 42.0 Å². The average molecular weight is 418 g/mol. The van der Waals surface area contributed by atoms with Gasteiger partial charge in [-0.2, -0.15) is 0 Å². The summed E-state index contributed by atoms with van der Waals surface area (Å²) < 4.78 is 5.17. The van der Waals surface area contributed by atoms with Crippen molar-refractivity contribution >= 4 is 46.4 Å². The van der Waals surface area contributed by atoms with Crippen LogP contribution in [0.2, 0.25) is 5.02 Å². The van der Waals surface area contributed by atoms with Crippen molar-refractivity contribution in [2.24, 2.45) is 0 Å². The maximum absolute atomic E-state index is 12.6. The molecular weight excluding hydrogens is 398 g/mol. The van der Waals surface area contributed by atoms with Gasteiger partial charge in [-0.25, -0.2) is 0 Å². The Kier molecular flexibility index (Phi) is 6.16. The van der Waals surface area contributed by atoms with E-state index < -0.39 is 6.04 Å². The SMILES string of the molecule is COc1ccc(CN2C(=S)N(C)C(=O)C2CC(=O)Nc2ccccc2Cl)cc1.